The molecule has 0 saturated carbocycles. The maximum absolute atomic E-state index is 12.4. The van der Waals surface area contributed by atoms with Crippen LogP contribution in [0.5, 0.6) is 0 Å². The molecule has 1 aliphatic rings. The van der Waals surface area contributed by atoms with Gasteiger partial charge in [0.25, 0.3) is 0 Å². The van der Waals surface area contributed by atoms with E-state index >= 15 is 0 Å². The molecular weight excluding hydrogens is 531 g/mol. The Bertz CT molecular complexity index is 536. The zero-order chi connectivity index (χ0) is 22.1. The van der Waals surface area contributed by atoms with E-state index in [1.807, 2.05) is 6.92 Å². The van der Waals surface area contributed by atoms with Gasteiger partial charge in [-0.1, -0.05) is 0 Å². The number of hydrogen-bond donors (Lipinski definition) is 2. The van der Waals surface area contributed by atoms with Crippen LogP contribution in [0.15, 0.2) is 4.99 Å². The van der Waals surface area contributed by atoms with Crippen molar-refractivity contribution in [3.63, 3.8) is 0 Å². The molecule has 0 aliphatic carbocycles. The Morgan fingerprint density at radius 1 is 1.10 bits per heavy atom. The van der Waals surface area contributed by atoms with E-state index in [0.717, 1.165) is 13.5 Å². The molecule has 6 nitrogen and oxygen atoms in total. The Kier molecular flexibility index (Phi) is 13.0. The molecule has 1 rings (SSSR count). The summed E-state index contributed by atoms with van der Waals surface area (Å²) in [6.45, 7) is 0.987. The van der Waals surface area contributed by atoms with Gasteiger partial charge in [-0.2, -0.15) is 26.3 Å². The van der Waals surface area contributed by atoms with Crippen LogP contribution in [-0.4, -0.2) is 86.9 Å². The highest BCUT2D eigenvalue weighted by Gasteiger charge is 2.32. The molecule has 1 amide bonds. The molecule has 0 unspecified atom stereocenters. The van der Waals surface area contributed by atoms with Crippen molar-refractivity contribution in [2.75, 3.05) is 52.9 Å². The topological polar surface area (TPSA) is 60.0 Å². The zero-order valence-corrected chi connectivity index (χ0v) is 19.4. The molecule has 0 bridgehead atoms. The van der Waals surface area contributed by atoms with Crippen LogP contribution in [0.2, 0.25) is 0 Å². The minimum atomic E-state index is -4.47. The molecule has 1 heterocycles. The number of likely N-dealkylation sites (N-methyl/N-ethyl adjacent to an activating group) is 1. The highest BCUT2D eigenvalue weighted by atomic mass is 127. The molecule has 0 aromatic heterocycles. The standard InChI is InChI=1S/C17H29F6N5O.HI/c1-3-24-15(26-10-14(29)27(2)11-16(18,19)20)25-7-4-13-5-8-28(9-6-13)12-17(21,22)23;/h13H,3-12H2,1-2H3,(H2,24,25,26);1H. The molecule has 1 fully saturated rings. The quantitative estimate of drug-likeness (QED) is 0.207. The Balaban J connectivity index is 0.00000841. The fourth-order valence-corrected chi connectivity index (χ4v) is 3.05. The Morgan fingerprint density at radius 3 is 2.20 bits per heavy atom. The summed E-state index contributed by atoms with van der Waals surface area (Å²) in [6, 6.07) is 0. The highest BCUT2D eigenvalue weighted by molar-refractivity contribution is 14.0. The van der Waals surface area contributed by atoms with Gasteiger partial charge in [0, 0.05) is 20.1 Å². The largest absolute Gasteiger partial charge is 0.406 e. The van der Waals surface area contributed by atoms with E-state index in [-0.39, 0.29) is 29.9 Å². The van der Waals surface area contributed by atoms with Crippen LogP contribution >= 0.6 is 24.0 Å². The van der Waals surface area contributed by atoms with Gasteiger partial charge < -0.3 is 15.5 Å². The number of halogens is 7. The van der Waals surface area contributed by atoms with Crippen LogP contribution < -0.4 is 10.6 Å². The number of piperidine rings is 1. The van der Waals surface area contributed by atoms with Gasteiger partial charge >= 0.3 is 12.4 Å². The van der Waals surface area contributed by atoms with Gasteiger partial charge in [-0.3, -0.25) is 9.69 Å². The van der Waals surface area contributed by atoms with Crippen LogP contribution in [0.1, 0.15) is 26.2 Å². The number of nitrogens with one attached hydrogen (secondary N) is 2. The molecule has 1 aliphatic heterocycles. The SMILES string of the molecule is CCNC(=NCC(=O)N(C)CC(F)(F)F)NCCC1CCN(CC(F)(F)F)CC1.I. The summed E-state index contributed by atoms with van der Waals surface area (Å²) in [5.74, 6) is -0.151. The van der Waals surface area contributed by atoms with E-state index in [1.165, 1.54) is 4.90 Å². The van der Waals surface area contributed by atoms with Gasteiger partial charge in [-0.15, -0.1) is 24.0 Å². The zero-order valence-electron chi connectivity index (χ0n) is 17.1. The van der Waals surface area contributed by atoms with E-state index in [2.05, 4.69) is 15.6 Å². The lowest BCUT2D eigenvalue weighted by Gasteiger charge is -2.32. The maximum atomic E-state index is 12.4. The molecule has 1 saturated heterocycles. The third-order valence-corrected chi connectivity index (χ3v) is 4.51. The van der Waals surface area contributed by atoms with Gasteiger partial charge in [-0.05, 0) is 45.2 Å². The fourth-order valence-electron chi connectivity index (χ4n) is 3.05. The summed E-state index contributed by atoms with van der Waals surface area (Å²) in [5, 5.41) is 5.92. The van der Waals surface area contributed by atoms with Crippen molar-refractivity contribution in [3.8, 4) is 0 Å². The van der Waals surface area contributed by atoms with Crippen molar-refractivity contribution in [1.82, 2.24) is 20.4 Å². The summed E-state index contributed by atoms with van der Waals surface area (Å²) in [7, 11) is 1.07. The second kappa shape index (κ2) is 13.4. The van der Waals surface area contributed by atoms with Crippen molar-refractivity contribution in [2.24, 2.45) is 10.9 Å². The molecule has 0 aromatic rings. The average molecular weight is 561 g/mol. The summed E-state index contributed by atoms with van der Waals surface area (Å²) >= 11 is 0. The lowest BCUT2D eigenvalue weighted by atomic mass is 9.93. The first-order valence-corrected chi connectivity index (χ1v) is 9.51. The van der Waals surface area contributed by atoms with Gasteiger partial charge in [0.05, 0.1) is 6.54 Å². The minimum Gasteiger partial charge on any atom is -0.357 e. The second-order valence-electron chi connectivity index (χ2n) is 7.11. The van der Waals surface area contributed by atoms with Crippen molar-refractivity contribution in [1.29, 1.82) is 0 Å². The molecule has 13 heteroatoms. The predicted octanol–water partition coefficient (Wildman–Crippen LogP) is 2.84. The number of alkyl halides is 6. The van der Waals surface area contributed by atoms with E-state index < -0.39 is 37.9 Å². The predicted molar refractivity (Wildman–Crippen MR) is 113 cm³/mol. The summed E-state index contributed by atoms with van der Waals surface area (Å²) in [5.41, 5.74) is 0. The smallest absolute Gasteiger partial charge is 0.357 e. The van der Waals surface area contributed by atoms with Crippen LogP contribution in [-0.2, 0) is 4.79 Å². The van der Waals surface area contributed by atoms with Crippen molar-refractivity contribution >= 4 is 35.8 Å². The number of rotatable bonds is 8. The molecule has 0 aromatic carbocycles. The van der Waals surface area contributed by atoms with Gasteiger partial charge in [0.2, 0.25) is 5.91 Å². The third kappa shape index (κ3) is 13.3. The summed E-state index contributed by atoms with van der Waals surface area (Å²) < 4.78 is 74.2. The number of guanidine groups is 1. The molecule has 0 spiro atoms. The summed E-state index contributed by atoms with van der Waals surface area (Å²) in [4.78, 5) is 17.7. The maximum Gasteiger partial charge on any atom is 0.406 e. The Labute approximate surface area is 189 Å². The van der Waals surface area contributed by atoms with Crippen LogP contribution in [0.3, 0.4) is 0 Å². The summed E-state index contributed by atoms with van der Waals surface area (Å²) in [6.07, 6.45) is -6.58. The number of hydrogen-bond acceptors (Lipinski definition) is 3. The minimum absolute atomic E-state index is 0. The first-order valence-electron chi connectivity index (χ1n) is 9.51. The highest BCUT2D eigenvalue weighted by Crippen LogP contribution is 2.24. The molecule has 178 valence electrons. The Morgan fingerprint density at radius 2 is 1.70 bits per heavy atom. The molecule has 30 heavy (non-hydrogen) atoms. The van der Waals surface area contributed by atoms with Crippen LogP contribution in [0.25, 0.3) is 0 Å². The normalized spacial score (nSPS) is 16.7. The first kappa shape index (κ1) is 29.0. The molecular formula is C17H30F6IN5O. The fraction of sp³-hybridized carbons (Fsp3) is 0.882. The Hall–Kier alpha value is -0.990. The molecule has 2 N–H and O–H groups in total. The van der Waals surface area contributed by atoms with Gasteiger partial charge in [0.15, 0.2) is 5.96 Å². The van der Waals surface area contributed by atoms with Crippen molar-refractivity contribution < 1.29 is 31.1 Å². The van der Waals surface area contributed by atoms with Gasteiger partial charge in [-0.25, -0.2) is 4.99 Å². The molecule has 0 radical (unpaired) electrons. The third-order valence-electron chi connectivity index (χ3n) is 4.51. The number of carbonyl (C=O) groups is 1. The van der Waals surface area contributed by atoms with E-state index in [0.29, 0.717) is 49.9 Å². The van der Waals surface area contributed by atoms with E-state index in [4.69, 9.17) is 0 Å². The van der Waals surface area contributed by atoms with Crippen LogP contribution in [0, 0.1) is 5.92 Å². The first-order chi connectivity index (χ1) is 13.4. The van der Waals surface area contributed by atoms with Crippen LogP contribution in [0.4, 0.5) is 26.3 Å². The van der Waals surface area contributed by atoms with Gasteiger partial charge in [0.1, 0.15) is 13.1 Å². The molecule has 0 atom stereocenters. The lowest BCUT2D eigenvalue weighted by molar-refractivity contribution is -0.157. The van der Waals surface area contributed by atoms with Crippen molar-refractivity contribution in [3.05, 3.63) is 0 Å². The van der Waals surface area contributed by atoms with E-state index in [1.54, 1.807) is 0 Å². The number of nitrogens with zero attached hydrogens (tertiary/aromatic N) is 3. The number of carbonyl (C=O) groups excluding carboxylic acids is 1. The second-order valence-corrected chi connectivity index (χ2v) is 7.11. The number of aliphatic imine (C=N–C) groups is 1. The number of amides is 1. The lowest BCUT2D eigenvalue weighted by Crippen LogP contribution is -2.42. The van der Waals surface area contributed by atoms with E-state index in [9.17, 15) is 31.1 Å². The average Bonchev–Trinajstić information content (AvgIpc) is 2.58. The number of likely N-dealkylation sites (tertiary alicyclic amines) is 1. The monoisotopic (exact) mass is 561 g/mol. The van der Waals surface area contributed by atoms with Crippen molar-refractivity contribution in [2.45, 2.75) is 38.5 Å².